The van der Waals surface area contributed by atoms with Crippen LogP contribution in [0.4, 0.5) is 5.69 Å². The molecule has 0 unspecified atom stereocenters. The van der Waals surface area contributed by atoms with Gasteiger partial charge in [0.1, 0.15) is 6.23 Å². The molecule has 1 N–H and O–H groups in total. The summed E-state index contributed by atoms with van der Waals surface area (Å²) in [6, 6.07) is 15.4. The molecular weight excluding hydrogens is 294 g/mol. The van der Waals surface area contributed by atoms with Crippen molar-refractivity contribution >= 4 is 23.2 Å². The van der Waals surface area contributed by atoms with Gasteiger partial charge in [0.15, 0.2) is 0 Å². The maximum atomic E-state index is 12.4. The van der Waals surface area contributed by atoms with Crippen molar-refractivity contribution in [1.29, 1.82) is 0 Å². The molecule has 22 heavy (non-hydrogen) atoms. The number of thioether (sulfide) groups is 1. The number of allylic oxidation sites excluding steroid dienone is 1. The van der Waals surface area contributed by atoms with Crippen molar-refractivity contribution in [2.24, 2.45) is 0 Å². The molecule has 4 heteroatoms. The zero-order valence-corrected chi connectivity index (χ0v) is 13.3. The quantitative estimate of drug-likeness (QED) is 0.688. The average Bonchev–Trinajstić information content (AvgIpc) is 2.82. The summed E-state index contributed by atoms with van der Waals surface area (Å²) in [7, 11) is 0. The molecule has 1 heterocycles. The Kier molecular flexibility index (Phi) is 4.05. The number of ketones is 1. The van der Waals surface area contributed by atoms with Crippen LogP contribution in [0.2, 0.25) is 0 Å². The number of Topliss-reactive ketones (excluding diaryl/α,β-unsaturated/α-hetero) is 1. The topological polar surface area (TPSA) is 40.5 Å². The molecule has 1 atom stereocenters. The van der Waals surface area contributed by atoms with Gasteiger partial charge in [-0.05, 0) is 38.1 Å². The van der Waals surface area contributed by atoms with Gasteiger partial charge in [0.05, 0.1) is 4.91 Å². The molecule has 112 valence electrons. The molecule has 1 aliphatic rings. The second kappa shape index (κ2) is 5.99. The number of hydrogen-bond acceptors (Lipinski definition) is 4. The zero-order valence-electron chi connectivity index (χ0n) is 12.5. The monoisotopic (exact) mass is 311 g/mol. The molecule has 2 aromatic carbocycles. The summed E-state index contributed by atoms with van der Waals surface area (Å²) in [5, 5.41) is 10.1. The van der Waals surface area contributed by atoms with Crippen LogP contribution in [0.25, 0.3) is 0 Å². The number of hydrogen-bond donors (Lipinski definition) is 1. The van der Waals surface area contributed by atoms with Crippen molar-refractivity contribution in [3.8, 4) is 0 Å². The molecule has 0 amide bonds. The first-order chi connectivity index (χ1) is 10.6. The van der Waals surface area contributed by atoms with Crippen molar-refractivity contribution in [2.75, 3.05) is 4.90 Å². The fourth-order valence-electron chi connectivity index (χ4n) is 2.37. The molecule has 3 nitrogen and oxygen atoms in total. The number of benzene rings is 2. The summed E-state index contributed by atoms with van der Waals surface area (Å²) < 4.78 is 0. The smallest absolute Gasteiger partial charge is 0.202 e. The van der Waals surface area contributed by atoms with Crippen molar-refractivity contribution in [2.45, 2.75) is 25.0 Å². The van der Waals surface area contributed by atoms with E-state index < -0.39 is 6.23 Å². The van der Waals surface area contributed by atoms with Crippen LogP contribution in [-0.4, -0.2) is 17.1 Å². The Labute approximate surface area is 134 Å². The molecule has 0 aliphatic carbocycles. The first kappa shape index (κ1) is 14.9. The molecule has 0 fully saturated rings. The molecule has 3 rings (SSSR count). The Balaban J connectivity index is 1.95. The average molecular weight is 311 g/mol. The van der Waals surface area contributed by atoms with E-state index in [1.54, 1.807) is 18.0 Å². The Morgan fingerprint density at radius 1 is 1.14 bits per heavy atom. The highest BCUT2D eigenvalue weighted by atomic mass is 32.2. The van der Waals surface area contributed by atoms with Gasteiger partial charge in [0.2, 0.25) is 5.78 Å². The third-order valence-electron chi connectivity index (χ3n) is 3.57. The number of anilines is 1. The largest absolute Gasteiger partial charge is 0.374 e. The number of aliphatic hydroxyl groups excluding tert-OH is 1. The molecule has 0 saturated heterocycles. The fourth-order valence-corrected chi connectivity index (χ4v) is 3.39. The van der Waals surface area contributed by atoms with Gasteiger partial charge in [0.25, 0.3) is 0 Å². The zero-order chi connectivity index (χ0) is 15.7. The highest BCUT2D eigenvalue weighted by molar-refractivity contribution is 8.04. The number of carbonyl (C=O) groups is 1. The third kappa shape index (κ3) is 2.80. The lowest BCUT2D eigenvalue weighted by molar-refractivity contribution is 0.104. The first-order valence-corrected chi connectivity index (χ1v) is 7.94. The summed E-state index contributed by atoms with van der Waals surface area (Å²) in [6.45, 7) is 3.70. The van der Waals surface area contributed by atoms with Crippen LogP contribution < -0.4 is 4.90 Å². The predicted octanol–water partition coefficient (Wildman–Crippen LogP) is 3.97. The van der Waals surface area contributed by atoms with E-state index in [1.807, 2.05) is 55.5 Å². The number of aryl methyl sites for hydroxylation is 1. The van der Waals surface area contributed by atoms with E-state index in [0.717, 1.165) is 21.7 Å². The van der Waals surface area contributed by atoms with Crippen LogP contribution in [-0.2, 0) is 0 Å². The Morgan fingerprint density at radius 3 is 2.45 bits per heavy atom. The van der Waals surface area contributed by atoms with Gasteiger partial charge >= 0.3 is 0 Å². The molecule has 0 aromatic heterocycles. The van der Waals surface area contributed by atoms with Gasteiger partial charge in [-0.2, -0.15) is 0 Å². The molecular formula is C18H17NO2S. The van der Waals surface area contributed by atoms with Gasteiger partial charge < -0.3 is 10.0 Å². The standard InChI is InChI=1S/C18H17NO2S/c1-12-7-9-14(10-8-12)19(13(2)20)11-17-18(21)15-5-3-4-6-16(15)22-17/h3-11,13,20H,1-2H3/b17-11-/t13-/m0/s1. The summed E-state index contributed by atoms with van der Waals surface area (Å²) in [5.41, 5.74) is 2.74. The highest BCUT2D eigenvalue weighted by Gasteiger charge is 2.26. The second-order valence-corrected chi connectivity index (χ2v) is 6.38. The molecule has 0 bridgehead atoms. The highest BCUT2D eigenvalue weighted by Crippen LogP contribution is 2.40. The SMILES string of the molecule is Cc1ccc(N(/C=C2\Sc3ccccc3C2=O)[C@H](C)O)cc1. The Hall–Kier alpha value is -2.04. The van der Waals surface area contributed by atoms with E-state index in [1.165, 1.54) is 11.8 Å². The van der Waals surface area contributed by atoms with Crippen LogP contribution in [0.3, 0.4) is 0 Å². The fraction of sp³-hybridized carbons (Fsp3) is 0.167. The van der Waals surface area contributed by atoms with E-state index in [0.29, 0.717) is 4.91 Å². The minimum atomic E-state index is -0.715. The van der Waals surface area contributed by atoms with Crippen LogP contribution in [0.15, 0.2) is 64.5 Å². The summed E-state index contributed by atoms with van der Waals surface area (Å²) in [6.07, 6.45) is 1.02. The van der Waals surface area contributed by atoms with Gasteiger partial charge in [-0.25, -0.2) is 0 Å². The number of nitrogens with zero attached hydrogens (tertiary/aromatic N) is 1. The van der Waals surface area contributed by atoms with E-state index >= 15 is 0 Å². The van der Waals surface area contributed by atoms with Crippen molar-refractivity contribution in [3.05, 3.63) is 70.8 Å². The Morgan fingerprint density at radius 2 is 1.82 bits per heavy atom. The first-order valence-electron chi connectivity index (χ1n) is 7.13. The van der Waals surface area contributed by atoms with Crippen LogP contribution in [0.1, 0.15) is 22.8 Å². The maximum absolute atomic E-state index is 12.4. The second-order valence-electron chi connectivity index (χ2n) is 5.30. The minimum Gasteiger partial charge on any atom is -0.374 e. The number of aliphatic hydroxyl groups is 1. The van der Waals surface area contributed by atoms with Crippen LogP contribution >= 0.6 is 11.8 Å². The minimum absolute atomic E-state index is 0.0124. The lowest BCUT2D eigenvalue weighted by Gasteiger charge is -2.24. The van der Waals surface area contributed by atoms with E-state index in [2.05, 4.69) is 0 Å². The van der Waals surface area contributed by atoms with E-state index in [4.69, 9.17) is 0 Å². The van der Waals surface area contributed by atoms with Gasteiger partial charge in [-0.1, -0.05) is 41.6 Å². The number of carbonyl (C=O) groups excluding carboxylic acids is 1. The lowest BCUT2D eigenvalue weighted by Crippen LogP contribution is -2.28. The van der Waals surface area contributed by atoms with Crippen molar-refractivity contribution in [3.63, 3.8) is 0 Å². The number of fused-ring (bicyclic) bond motifs is 1. The number of rotatable bonds is 3. The van der Waals surface area contributed by atoms with Crippen LogP contribution in [0.5, 0.6) is 0 Å². The van der Waals surface area contributed by atoms with Crippen LogP contribution in [0, 0.1) is 6.92 Å². The summed E-state index contributed by atoms with van der Waals surface area (Å²) >= 11 is 1.45. The maximum Gasteiger partial charge on any atom is 0.202 e. The third-order valence-corrected chi connectivity index (χ3v) is 4.65. The normalized spacial score (nSPS) is 16.7. The van der Waals surface area contributed by atoms with E-state index in [9.17, 15) is 9.90 Å². The molecule has 0 saturated carbocycles. The van der Waals surface area contributed by atoms with Crippen molar-refractivity contribution in [1.82, 2.24) is 0 Å². The summed E-state index contributed by atoms with van der Waals surface area (Å²) in [4.78, 5) is 15.8. The van der Waals surface area contributed by atoms with Gasteiger partial charge in [-0.15, -0.1) is 0 Å². The molecule has 1 aliphatic heterocycles. The molecule has 0 radical (unpaired) electrons. The molecule has 0 spiro atoms. The summed E-state index contributed by atoms with van der Waals surface area (Å²) in [5.74, 6) is 0.0124. The Bertz CT molecular complexity index is 735. The van der Waals surface area contributed by atoms with E-state index in [-0.39, 0.29) is 5.78 Å². The molecule has 2 aromatic rings. The predicted molar refractivity (Wildman–Crippen MR) is 90.1 cm³/mol. The lowest BCUT2D eigenvalue weighted by atomic mass is 10.1. The van der Waals surface area contributed by atoms with Gasteiger partial charge in [-0.3, -0.25) is 4.79 Å². The van der Waals surface area contributed by atoms with Gasteiger partial charge in [0, 0.05) is 22.3 Å². The van der Waals surface area contributed by atoms with Crippen molar-refractivity contribution < 1.29 is 9.90 Å².